The highest BCUT2D eigenvalue weighted by molar-refractivity contribution is 7.89. The number of hydrogen-bond acceptors (Lipinski definition) is 3. The molecule has 0 aliphatic carbocycles. The van der Waals surface area contributed by atoms with E-state index < -0.39 is 10.0 Å². The van der Waals surface area contributed by atoms with E-state index in [0.29, 0.717) is 13.1 Å². The molecule has 1 heterocycles. The van der Waals surface area contributed by atoms with Crippen LogP contribution in [0, 0.1) is 0 Å². The third-order valence-electron chi connectivity index (χ3n) is 2.14. The van der Waals surface area contributed by atoms with Crippen molar-refractivity contribution < 1.29 is 8.42 Å². The first-order valence-electron chi connectivity index (χ1n) is 4.19. The van der Waals surface area contributed by atoms with Crippen molar-refractivity contribution in [1.29, 1.82) is 0 Å². The fraction of sp³-hybridized carbons (Fsp3) is 1.00. The van der Waals surface area contributed by atoms with Gasteiger partial charge in [0.1, 0.15) is 0 Å². The molecule has 1 saturated heterocycles. The van der Waals surface area contributed by atoms with Crippen molar-refractivity contribution in [3.05, 3.63) is 0 Å². The molecule has 1 aliphatic rings. The third-order valence-corrected chi connectivity index (χ3v) is 4.39. The monoisotopic (exact) mass is 228 g/mol. The minimum Gasteiger partial charge on any atom is -0.326 e. The molecule has 0 bridgehead atoms. The Morgan fingerprint density at radius 1 is 1.46 bits per heavy atom. The maximum atomic E-state index is 11.5. The lowest BCUT2D eigenvalue weighted by Gasteiger charge is -2.18. The van der Waals surface area contributed by atoms with E-state index in [-0.39, 0.29) is 23.7 Å². The highest BCUT2D eigenvalue weighted by Crippen LogP contribution is 2.15. The number of hydrogen-bond donors (Lipinski definition) is 1. The molecule has 0 spiro atoms. The van der Waals surface area contributed by atoms with Crippen LogP contribution in [0.4, 0.5) is 0 Å². The first kappa shape index (κ1) is 13.2. The molecule has 4 nitrogen and oxygen atoms in total. The van der Waals surface area contributed by atoms with Crippen LogP contribution in [0.2, 0.25) is 0 Å². The fourth-order valence-electron chi connectivity index (χ4n) is 1.28. The summed E-state index contributed by atoms with van der Waals surface area (Å²) in [7, 11) is -3.06. The maximum absolute atomic E-state index is 11.5. The lowest BCUT2D eigenvalue weighted by atomic mass is 10.3. The Balaban J connectivity index is 0.00000144. The van der Waals surface area contributed by atoms with Gasteiger partial charge < -0.3 is 5.73 Å². The number of sulfonamides is 1. The molecule has 1 atom stereocenters. The van der Waals surface area contributed by atoms with Gasteiger partial charge in [-0.05, 0) is 20.3 Å². The Hall–Kier alpha value is 0.160. The minimum absolute atomic E-state index is 0. The van der Waals surface area contributed by atoms with Gasteiger partial charge in [-0.2, -0.15) is 0 Å². The first-order valence-corrected chi connectivity index (χ1v) is 5.69. The topological polar surface area (TPSA) is 63.4 Å². The van der Waals surface area contributed by atoms with Crippen LogP contribution in [0.3, 0.4) is 0 Å². The van der Waals surface area contributed by atoms with Crippen LogP contribution in [0.1, 0.15) is 20.3 Å². The lowest BCUT2D eigenvalue weighted by Crippen LogP contribution is -2.36. The van der Waals surface area contributed by atoms with E-state index in [1.807, 2.05) is 0 Å². The Bertz CT molecular complexity index is 253. The molecule has 6 heteroatoms. The van der Waals surface area contributed by atoms with Crippen molar-refractivity contribution >= 4 is 22.4 Å². The van der Waals surface area contributed by atoms with Gasteiger partial charge in [0.05, 0.1) is 5.25 Å². The predicted molar refractivity (Wildman–Crippen MR) is 55.5 cm³/mol. The van der Waals surface area contributed by atoms with E-state index in [1.165, 1.54) is 4.31 Å². The lowest BCUT2D eigenvalue weighted by molar-refractivity contribution is 0.465. The molecule has 1 rings (SSSR count). The third kappa shape index (κ3) is 2.80. The van der Waals surface area contributed by atoms with Gasteiger partial charge in [-0.25, -0.2) is 12.7 Å². The second-order valence-corrected chi connectivity index (χ2v) is 5.99. The molecule has 80 valence electrons. The number of nitrogens with zero attached hydrogens (tertiary/aromatic N) is 1. The zero-order chi connectivity index (χ0) is 9.35. The van der Waals surface area contributed by atoms with E-state index >= 15 is 0 Å². The zero-order valence-corrected chi connectivity index (χ0v) is 9.57. The van der Waals surface area contributed by atoms with Crippen molar-refractivity contribution in [2.75, 3.05) is 13.1 Å². The van der Waals surface area contributed by atoms with Gasteiger partial charge in [0, 0.05) is 19.1 Å². The van der Waals surface area contributed by atoms with Crippen LogP contribution in [-0.2, 0) is 10.0 Å². The van der Waals surface area contributed by atoms with E-state index in [9.17, 15) is 8.42 Å². The molecule has 0 aromatic heterocycles. The van der Waals surface area contributed by atoms with Gasteiger partial charge in [0.15, 0.2) is 0 Å². The SMILES string of the molecule is CC(C)S(=O)(=O)N1CC[C@@H](N)C1.Cl. The van der Waals surface area contributed by atoms with E-state index in [0.717, 1.165) is 6.42 Å². The highest BCUT2D eigenvalue weighted by Gasteiger charge is 2.31. The molecule has 0 aromatic carbocycles. The molecule has 0 amide bonds. The Morgan fingerprint density at radius 2 is 2.00 bits per heavy atom. The van der Waals surface area contributed by atoms with Crippen LogP contribution in [-0.4, -0.2) is 37.1 Å². The highest BCUT2D eigenvalue weighted by atomic mass is 35.5. The standard InChI is InChI=1S/C7H16N2O2S.ClH/c1-6(2)12(10,11)9-4-3-7(8)5-9;/h6-7H,3-5,8H2,1-2H3;1H/t7-;/m1./s1. The van der Waals surface area contributed by atoms with E-state index in [4.69, 9.17) is 5.73 Å². The van der Waals surface area contributed by atoms with Crippen molar-refractivity contribution in [1.82, 2.24) is 4.31 Å². The molecular formula is C7H17ClN2O2S. The quantitative estimate of drug-likeness (QED) is 0.734. The Kier molecular flexibility index (Phi) is 4.65. The Morgan fingerprint density at radius 3 is 2.31 bits per heavy atom. The van der Waals surface area contributed by atoms with Gasteiger partial charge in [0.2, 0.25) is 10.0 Å². The summed E-state index contributed by atoms with van der Waals surface area (Å²) >= 11 is 0. The second-order valence-electron chi connectivity index (χ2n) is 3.50. The summed E-state index contributed by atoms with van der Waals surface area (Å²) in [5.41, 5.74) is 5.62. The first-order chi connectivity index (χ1) is 5.44. The van der Waals surface area contributed by atoms with Crippen molar-refractivity contribution in [2.45, 2.75) is 31.6 Å². The van der Waals surface area contributed by atoms with Gasteiger partial charge in [-0.15, -0.1) is 12.4 Å². The fourth-order valence-corrected chi connectivity index (χ4v) is 2.64. The summed E-state index contributed by atoms with van der Waals surface area (Å²) in [6.07, 6.45) is 0.784. The zero-order valence-electron chi connectivity index (χ0n) is 7.93. The number of halogens is 1. The minimum atomic E-state index is -3.06. The molecule has 0 unspecified atom stereocenters. The van der Waals surface area contributed by atoms with E-state index in [1.54, 1.807) is 13.8 Å². The van der Waals surface area contributed by atoms with Crippen molar-refractivity contribution in [3.63, 3.8) is 0 Å². The van der Waals surface area contributed by atoms with Gasteiger partial charge in [-0.3, -0.25) is 0 Å². The largest absolute Gasteiger partial charge is 0.326 e. The molecule has 1 aliphatic heterocycles. The number of nitrogens with two attached hydrogens (primary N) is 1. The summed E-state index contributed by atoms with van der Waals surface area (Å²) < 4.78 is 24.6. The average molecular weight is 229 g/mol. The van der Waals surface area contributed by atoms with E-state index in [2.05, 4.69) is 0 Å². The predicted octanol–water partition coefficient (Wildman–Crippen LogP) is 0.179. The molecule has 1 fully saturated rings. The summed E-state index contributed by atoms with van der Waals surface area (Å²) in [6.45, 7) is 4.46. The summed E-state index contributed by atoms with van der Waals surface area (Å²) in [5.74, 6) is 0. The second kappa shape index (κ2) is 4.59. The summed E-state index contributed by atoms with van der Waals surface area (Å²) in [4.78, 5) is 0. The van der Waals surface area contributed by atoms with Gasteiger partial charge in [0.25, 0.3) is 0 Å². The van der Waals surface area contributed by atoms with Crippen molar-refractivity contribution in [2.24, 2.45) is 5.73 Å². The van der Waals surface area contributed by atoms with Crippen LogP contribution >= 0.6 is 12.4 Å². The van der Waals surface area contributed by atoms with Crippen LogP contribution < -0.4 is 5.73 Å². The van der Waals surface area contributed by atoms with Crippen LogP contribution in [0.5, 0.6) is 0 Å². The molecule has 0 radical (unpaired) electrons. The summed E-state index contributed by atoms with van der Waals surface area (Å²) in [5, 5.41) is -0.331. The molecule has 13 heavy (non-hydrogen) atoms. The molecule has 0 saturated carbocycles. The van der Waals surface area contributed by atoms with Crippen molar-refractivity contribution in [3.8, 4) is 0 Å². The summed E-state index contributed by atoms with van der Waals surface area (Å²) in [6, 6.07) is 0.0264. The molecular weight excluding hydrogens is 212 g/mol. The normalized spacial score (nSPS) is 24.8. The smallest absolute Gasteiger partial charge is 0.216 e. The number of rotatable bonds is 2. The Labute approximate surface area is 85.9 Å². The molecule has 0 aromatic rings. The molecule has 2 N–H and O–H groups in total. The van der Waals surface area contributed by atoms with Crippen LogP contribution in [0.15, 0.2) is 0 Å². The average Bonchev–Trinajstić information content (AvgIpc) is 2.35. The van der Waals surface area contributed by atoms with Crippen LogP contribution in [0.25, 0.3) is 0 Å². The maximum Gasteiger partial charge on any atom is 0.216 e. The van der Waals surface area contributed by atoms with Gasteiger partial charge in [-0.1, -0.05) is 0 Å². The van der Waals surface area contributed by atoms with Gasteiger partial charge >= 0.3 is 0 Å².